The molecular formula is C19H18N2O. The first-order chi connectivity index (χ1) is 10.7. The first-order valence-corrected chi connectivity index (χ1v) is 7.35. The van der Waals surface area contributed by atoms with Crippen LogP contribution in [0.25, 0.3) is 11.1 Å². The van der Waals surface area contributed by atoms with Gasteiger partial charge in [-0.3, -0.25) is 4.79 Å². The van der Waals surface area contributed by atoms with Crippen molar-refractivity contribution in [2.75, 3.05) is 0 Å². The third kappa shape index (κ3) is 3.31. The van der Waals surface area contributed by atoms with E-state index in [1.54, 1.807) is 17.1 Å². The minimum absolute atomic E-state index is 0.185. The molecule has 0 spiro atoms. The van der Waals surface area contributed by atoms with E-state index < -0.39 is 0 Å². The van der Waals surface area contributed by atoms with Crippen molar-refractivity contribution < 1.29 is 4.79 Å². The minimum Gasteiger partial charge on any atom is -0.330 e. The highest BCUT2D eigenvalue weighted by atomic mass is 16.1. The smallest absolute Gasteiger partial charge is 0.156 e. The van der Waals surface area contributed by atoms with Crippen molar-refractivity contribution in [3.63, 3.8) is 0 Å². The molecule has 2 aromatic carbocycles. The molecule has 0 aliphatic carbocycles. The summed E-state index contributed by atoms with van der Waals surface area (Å²) >= 11 is 0. The Morgan fingerprint density at radius 2 is 1.95 bits per heavy atom. The summed E-state index contributed by atoms with van der Waals surface area (Å²) in [5, 5.41) is 0. The second kappa shape index (κ2) is 6.39. The molecule has 0 bridgehead atoms. The van der Waals surface area contributed by atoms with Crippen molar-refractivity contribution in [3.8, 4) is 11.1 Å². The van der Waals surface area contributed by atoms with Gasteiger partial charge in [-0.2, -0.15) is 0 Å². The maximum Gasteiger partial charge on any atom is 0.156 e. The van der Waals surface area contributed by atoms with E-state index in [0.717, 1.165) is 5.56 Å². The number of Topliss-reactive ketones (excluding diaryl/α,β-unsaturated/α-hetero) is 1. The SMILES string of the molecule is Cc1cc(CC(=O)Cn2ccnc2)ccc1-c1ccccc1. The number of imidazole rings is 1. The quantitative estimate of drug-likeness (QED) is 0.718. The Bertz CT molecular complexity index is 761. The van der Waals surface area contributed by atoms with Crippen molar-refractivity contribution >= 4 is 5.78 Å². The van der Waals surface area contributed by atoms with Crippen LogP contribution in [0.1, 0.15) is 11.1 Å². The van der Waals surface area contributed by atoms with Crippen LogP contribution in [-0.4, -0.2) is 15.3 Å². The largest absolute Gasteiger partial charge is 0.330 e. The van der Waals surface area contributed by atoms with Gasteiger partial charge in [0.2, 0.25) is 0 Å². The van der Waals surface area contributed by atoms with Crippen molar-refractivity contribution in [1.29, 1.82) is 0 Å². The molecule has 3 rings (SSSR count). The van der Waals surface area contributed by atoms with Crippen molar-refractivity contribution in [3.05, 3.63) is 78.4 Å². The monoisotopic (exact) mass is 290 g/mol. The topological polar surface area (TPSA) is 34.9 Å². The molecule has 0 aliphatic heterocycles. The summed E-state index contributed by atoms with van der Waals surface area (Å²) in [5.74, 6) is 0.185. The van der Waals surface area contributed by atoms with E-state index in [-0.39, 0.29) is 5.78 Å². The van der Waals surface area contributed by atoms with Gasteiger partial charge in [-0.25, -0.2) is 4.98 Å². The minimum atomic E-state index is 0.185. The van der Waals surface area contributed by atoms with E-state index in [4.69, 9.17) is 0 Å². The van der Waals surface area contributed by atoms with E-state index >= 15 is 0 Å². The lowest BCUT2D eigenvalue weighted by atomic mass is 9.97. The molecule has 3 nitrogen and oxygen atoms in total. The number of aryl methyl sites for hydroxylation is 1. The lowest BCUT2D eigenvalue weighted by Gasteiger charge is -2.09. The average Bonchev–Trinajstić information content (AvgIpc) is 3.01. The molecule has 0 unspecified atom stereocenters. The van der Waals surface area contributed by atoms with E-state index in [1.165, 1.54) is 16.7 Å². The van der Waals surface area contributed by atoms with Gasteiger partial charge in [0.05, 0.1) is 12.9 Å². The predicted octanol–water partition coefficient (Wildman–Crippen LogP) is 3.67. The van der Waals surface area contributed by atoms with Crippen LogP contribution in [-0.2, 0) is 17.8 Å². The highest BCUT2D eigenvalue weighted by Crippen LogP contribution is 2.24. The molecular weight excluding hydrogens is 272 g/mol. The van der Waals surface area contributed by atoms with Crippen LogP contribution in [0.3, 0.4) is 0 Å². The van der Waals surface area contributed by atoms with Crippen LogP contribution in [0.5, 0.6) is 0 Å². The van der Waals surface area contributed by atoms with Gasteiger partial charge in [-0.1, -0.05) is 48.5 Å². The Hall–Kier alpha value is -2.68. The summed E-state index contributed by atoms with van der Waals surface area (Å²) < 4.78 is 1.80. The zero-order valence-corrected chi connectivity index (χ0v) is 12.6. The summed E-state index contributed by atoms with van der Waals surface area (Å²) in [7, 11) is 0. The van der Waals surface area contributed by atoms with Crippen LogP contribution in [0.15, 0.2) is 67.3 Å². The van der Waals surface area contributed by atoms with Gasteiger partial charge in [-0.15, -0.1) is 0 Å². The fraction of sp³-hybridized carbons (Fsp3) is 0.158. The number of hydrogen-bond acceptors (Lipinski definition) is 2. The molecule has 0 saturated heterocycles. The van der Waals surface area contributed by atoms with E-state index in [1.807, 2.05) is 30.5 Å². The fourth-order valence-electron chi connectivity index (χ4n) is 2.64. The van der Waals surface area contributed by atoms with E-state index in [9.17, 15) is 4.79 Å². The van der Waals surface area contributed by atoms with E-state index in [0.29, 0.717) is 13.0 Å². The first-order valence-electron chi connectivity index (χ1n) is 7.35. The number of ketones is 1. The third-order valence-corrected chi connectivity index (χ3v) is 3.70. The number of nitrogens with zero attached hydrogens (tertiary/aromatic N) is 2. The number of aromatic nitrogens is 2. The normalized spacial score (nSPS) is 10.6. The molecule has 22 heavy (non-hydrogen) atoms. The fourth-order valence-corrected chi connectivity index (χ4v) is 2.64. The molecule has 0 saturated carbocycles. The van der Waals surface area contributed by atoms with Crippen LogP contribution >= 0.6 is 0 Å². The maximum atomic E-state index is 12.1. The number of carbonyl (C=O) groups is 1. The Balaban J connectivity index is 1.73. The van der Waals surface area contributed by atoms with Gasteiger partial charge in [0.1, 0.15) is 0 Å². The maximum absolute atomic E-state index is 12.1. The standard InChI is InChI=1S/C19H18N2O/c1-15-11-16(12-18(22)13-21-10-9-20-14-21)7-8-19(15)17-5-3-2-4-6-17/h2-11,14H,12-13H2,1H3. The Labute approximate surface area is 130 Å². The summed E-state index contributed by atoms with van der Waals surface area (Å²) in [6.07, 6.45) is 5.61. The average molecular weight is 290 g/mol. The first kappa shape index (κ1) is 14.3. The molecule has 3 heteroatoms. The van der Waals surface area contributed by atoms with Gasteiger partial charge >= 0.3 is 0 Å². The Kier molecular flexibility index (Phi) is 4.15. The van der Waals surface area contributed by atoms with Gasteiger partial charge in [0.15, 0.2) is 5.78 Å². The van der Waals surface area contributed by atoms with Gasteiger partial charge in [0, 0.05) is 18.8 Å². The molecule has 0 radical (unpaired) electrons. The predicted molar refractivity (Wildman–Crippen MR) is 87.6 cm³/mol. The second-order valence-corrected chi connectivity index (χ2v) is 5.47. The zero-order valence-electron chi connectivity index (χ0n) is 12.6. The highest BCUT2D eigenvalue weighted by molar-refractivity contribution is 5.81. The molecule has 0 fully saturated rings. The summed E-state index contributed by atoms with van der Waals surface area (Å²) in [6.45, 7) is 2.46. The molecule has 0 aliphatic rings. The molecule has 3 aromatic rings. The molecule has 1 heterocycles. The van der Waals surface area contributed by atoms with Crippen molar-refractivity contribution in [1.82, 2.24) is 9.55 Å². The van der Waals surface area contributed by atoms with Crippen LogP contribution < -0.4 is 0 Å². The molecule has 0 atom stereocenters. The molecule has 110 valence electrons. The van der Waals surface area contributed by atoms with E-state index in [2.05, 4.69) is 36.2 Å². The van der Waals surface area contributed by atoms with Crippen LogP contribution in [0, 0.1) is 6.92 Å². The third-order valence-electron chi connectivity index (χ3n) is 3.70. The molecule has 0 amide bonds. The number of hydrogen-bond donors (Lipinski definition) is 0. The van der Waals surface area contributed by atoms with Crippen molar-refractivity contribution in [2.45, 2.75) is 19.9 Å². The summed E-state index contributed by atoms with van der Waals surface area (Å²) in [5.41, 5.74) is 4.67. The van der Waals surface area contributed by atoms with Crippen LogP contribution in [0.2, 0.25) is 0 Å². The molecule has 0 N–H and O–H groups in total. The summed E-state index contributed by atoms with van der Waals surface area (Å²) in [4.78, 5) is 16.0. The number of benzene rings is 2. The zero-order chi connectivity index (χ0) is 15.4. The van der Waals surface area contributed by atoms with Crippen LogP contribution in [0.4, 0.5) is 0 Å². The number of rotatable bonds is 5. The summed E-state index contributed by atoms with van der Waals surface area (Å²) in [6, 6.07) is 16.6. The highest BCUT2D eigenvalue weighted by Gasteiger charge is 2.07. The lowest BCUT2D eigenvalue weighted by Crippen LogP contribution is -2.11. The molecule has 1 aromatic heterocycles. The van der Waals surface area contributed by atoms with Gasteiger partial charge in [-0.05, 0) is 29.2 Å². The Morgan fingerprint density at radius 1 is 1.14 bits per heavy atom. The Morgan fingerprint density at radius 3 is 2.64 bits per heavy atom. The number of carbonyl (C=O) groups excluding carboxylic acids is 1. The second-order valence-electron chi connectivity index (χ2n) is 5.47. The van der Waals surface area contributed by atoms with Gasteiger partial charge in [0.25, 0.3) is 0 Å². The van der Waals surface area contributed by atoms with Gasteiger partial charge < -0.3 is 4.57 Å². The van der Waals surface area contributed by atoms with Crippen molar-refractivity contribution in [2.24, 2.45) is 0 Å². The lowest BCUT2D eigenvalue weighted by molar-refractivity contribution is -0.119.